The molecule has 104 valence electrons. The SMILES string of the molecule is COC(=O)C1CCN(c2cncc3cccnc23)CC1. The highest BCUT2D eigenvalue weighted by Gasteiger charge is 2.26. The minimum Gasteiger partial charge on any atom is -0.469 e. The topological polar surface area (TPSA) is 55.3 Å². The Morgan fingerprint density at radius 1 is 1.35 bits per heavy atom. The number of nitrogens with zero attached hydrogens (tertiary/aromatic N) is 3. The molecule has 0 saturated carbocycles. The van der Waals surface area contributed by atoms with E-state index in [4.69, 9.17) is 4.74 Å². The first-order chi connectivity index (χ1) is 9.79. The molecule has 0 aromatic carbocycles. The molecule has 1 saturated heterocycles. The Hall–Kier alpha value is -2.17. The number of anilines is 1. The van der Waals surface area contributed by atoms with E-state index < -0.39 is 0 Å². The Kier molecular flexibility index (Phi) is 3.50. The second-order valence-electron chi connectivity index (χ2n) is 5.02. The number of hydrogen-bond donors (Lipinski definition) is 0. The van der Waals surface area contributed by atoms with Crippen LogP contribution in [-0.2, 0) is 9.53 Å². The van der Waals surface area contributed by atoms with Gasteiger partial charge in [0.1, 0.15) is 0 Å². The summed E-state index contributed by atoms with van der Waals surface area (Å²) in [7, 11) is 1.45. The van der Waals surface area contributed by atoms with Crippen LogP contribution < -0.4 is 4.90 Å². The Morgan fingerprint density at radius 2 is 2.15 bits per heavy atom. The van der Waals surface area contributed by atoms with Crippen molar-refractivity contribution in [3.05, 3.63) is 30.7 Å². The highest BCUT2D eigenvalue weighted by molar-refractivity contribution is 5.89. The summed E-state index contributed by atoms with van der Waals surface area (Å²) in [5, 5.41) is 1.04. The Labute approximate surface area is 117 Å². The van der Waals surface area contributed by atoms with Gasteiger partial charge in [-0.2, -0.15) is 0 Å². The molecule has 20 heavy (non-hydrogen) atoms. The molecule has 1 fully saturated rings. The van der Waals surface area contributed by atoms with E-state index in [1.54, 1.807) is 6.20 Å². The van der Waals surface area contributed by atoms with Crippen LogP contribution in [0.15, 0.2) is 30.7 Å². The van der Waals surface area contributed by atoms with E-state index in [2.05, 4.69) is 14.9 Å². The average molecular weight is 271 g/mol. The zero-order valence-electron chi connectivity index (χ0n) is 11.5. The second kappa shape index (κ2) is 5.45. The molecule has 2 aromatic rings. The van der Waals surface area contributed by atoms with Gasteiger partial charge in [-0.05, 0) is 25.0 Å². The summed E-state index contributed by atoms with van der Waals surface area (Å²) in [6.45, 7) is 1.66. The Balaban J connectivity index is 1.82. The Morgan fingerprint density at radius 3 is 2.90 bits per heavy atom. The molecule has 0 bridgehead atoms. The molecule has 0 radical (unpaired) electrons. The third-order valence-corrected chi connectivity index (χ3v) is 3.86. The summed E-state index contributed by atoms with van der Waals surface area (Å²) in [5.41, 5.74) is 2.02. The number of pyridine rings is 2. The number of ether oxygens (including phenoxy) is 1. The normalized spacial score (nSPS) is 16.4. The van der Waals surface area contributed by atoms with Crippen LogP contribution in [0.1, 0.15) is 12.8 Å². The van der Waals surface area contributed by atoms with Gasteiger partial charge in [0, 0.05) is 30.9 Å². The molecular weight excluding hydrogens is 254 g/mol. The van der Waals surface area contributed by atoms with Crippen molar-refractivity contribution in [2.24, 2.45) is 5.92 Å². The van der Waals surface area contributed by atoms with Crippen LogP contribution in [0.3, 0.4) is 0 Å². The molecule has 0 atom stereocenters. The van der Waals surface area contributed by atoms with Gasteiger partial charge in [-0.3, -0.25) is 14.8 Å². The fourth-order valence-corrected chi connectivity index (χ4v) is 2.74. The third-order valence-electron chi connectivity index (χ3n) is 3.86. The van der Waals surface area contributed by atoms with Crippen molar-refractivity contribution in [3.63, 3.8) is 0 Å². The van der Waals surface area contributed by atoms with E-state index in [0.717, 1.165) is 42.5 Å². The first-order valence-electron chi connectivity index (χ1n) is 6.81. The van der Waals surface area contributed by atoms with E-state index in [0.29, 0.717) is 0 Å². The number of carbonyl (C=O) groups excluding carboxylic acids is 1. The number of carbonyl (C=O) groups is 1. The van der Waals surface area contributed by atoms with Crippen molar-refractivity contribution in [3.8, 4) is 0 Å². The monoisotopic (exact) mass is 271 g/mol. The molecule has 0 amide bonds. The molecule has 2 aromatic heterocycles. The third kappa shape index (κ3) is 2.31. The number of hydrogen-bond acceptors (Lipinski definition) is 5. The van der Waals surface area contributed by atoms with Crippen molar-refractivity contribution in [2.45, 2.75) is 12.8 Å². The maximum absolute atomic E-state index is 11.6. The van der Waals surface area contributed by atoms with Gasteiger partial charge < -0.3 is 9.64 Å². The van der Waals surface area contributed by atoms with Crippen LogP contribution >= 0.6 is 0 Å². The molecule has 3 heterocycles. The van der Waals surface area contributed by atoms with E-state index >= 15 is 0 Å². The zero-order valence-corrected chi connectivity index (χ0v) is 11.5. The lowest BCUT2D eigenvalue weighted by Gasteiger charge is -2.32. The number of fused-ring (bicyclic) bond motifs is 1. The number of aromatic nitrogens is 2. The number of methoxy groups -OCH3 is 1. The molecule has 5 heteroatoms. The largest absolute Gasteiger partial charge is 0.469 e. The molecule has 0 unspecified atom stereocenters. The Bertz CT molecular complexity index is 616. The zero-order chi connectivity index (χ0) is 13.9. The standard InChI is InChI=1S/C15H17N3O2/c1-20-15(19)11-4-7-18(8-5-11)13-10-16-9-12-3-2-6-17-14(12)13/h2-3,6,9-11H,4-5,7-8H2,1H3. The molecule has 1 aliphatic heterocycles. The number of rotatable bonds is 2. The van der Waals surface area contributed by atoms with Crippen molar-refractivity contribution >= 4 is 22.6 Å². The first-order valence-corrected chi connectivity index (χ1v) is 6.81. The van der Waals surface area contributed by atoms with Crippen molar-refractivity contribution in [1.82, 2.24) is 9.97 Å². The van der Waals surface area contributed by atoms with Gasteiger partial charge in [0.25, 0.3) is 0 Å². The van der Waals surface area contributed by atoms with Gasteiger partial charge >= 0.3 is 5.97 Å². The first kappa shape index (κ1) is 12.8. The molecule has 1 aliphatic rings. The lowest BCUT2D eigenvalue weighted by atomic mass is 9.96. The van der Waals surface area contributed by atoms with Gasteiger partial charge in [0.2, 0.25) is 0 Å². The van der Waals surface area contributed by atoms with Gasteiger partial charge in [-0.1, -0.05) is 0 Å². The lowest BCUT2D eigenvalue weighted by Crippen LogP contribution is -2.36. The fraction of sp³-hybridized carbons (Fsp3) is 0.400. The predicted octanol–water partition coefficient (Wildman–Crippen LogP) is 2.02. The van der Waals surface area contributed by atoms with Crippen LogP contribution in [0.5, 0.6) is 0 Å². The molecule has 5 nitrogen and oxygen atoms in total. The molecule has 3 rings (SSSR count). The van der Waals surface area contributed by atoms with Gasteiger partial charge in [-0.25, -0.2) is 0 Å². The summed E-state index contributed by atoms with van der Waals surface area (Å²) in [4.78, 5) is 22.5. The van der Waals surface area contributed by atoms with E-state index in [-0.39, 0.29) is 11.9 Å². The second-order valence-corrected chi connectivity index (χ2v) is 5.02. The molecule has 0 aliphatic carbocycles. The lowest BCUT2D eigenvalue weighted by molar-refractivity contribution is -0.146. The van der Waals surface area contributed by atoms with Gasteiger partial charge in [0.15, 0.2) is 0 Å². The number of esters is 1. The summed E-state index contributed by atoms with van der Waals surface area (Å²) in [5.74, 6) is -0.0778. The van der Waals surface area contributed by atoms with Crippen molar-refractivity contribution in [2.75, 3.05) is 25.1 Å². The smallest absolute Gasteiger partial charge is 0.308 e. The van der Waals surface area contributed by atoms with Crippen LogP contribution in [-0.4, -0.2) is 36.1 Å². The van der Waals surface area contributed by atoms with Crippen molar-refractivity contribution in [1.29, 1.82) is 0 Å². The maximum Gasteiger partial charge on any atom is 0.308 e. The molecule has 0 spiro atoms. The minimum absolute atomic E-state index is 0.0205. The van der Waals surface area contributed by atoms with E-state index in [9.17, 15) is 4.79 Å². The van der Waals surface area contributed by atoms with E-state index in [1.165, 1.54) is 7.11 Å². The molecular formula is C15H17N3O2. The maximum atomic E-state index is 11.6. The number of piperidine rings is 1. The predicted molar refractivity (Wildman–Crippen MR) is 76.5 cm³/mol. The highest BCUT2D eigenvalue weighted by Crippen LogP contribution is 2.28. The van der Waals surface area contributed by atoms with Crippen LogP contribution in [0.2, 0.25) is 0 Å². The van der Waals surface area contributed by atoms with Crippen molar-refractivity contribution < 1.29 is 9.53 Å². The summed E-state index contributed by atoms with van der Waals surface area (Å²) in [6, 6.07) is 3.93. The minimum atomic E-state index is -0.0983. The highest BCUT2D eigenvalue weighted by atomic mass is 16.5. The van der Waals surface area contributed by atoms with Gasteiger partial charge in [-0.15, -0.1) is 0 Å². The van der Waals surface area contributed by atoms with Crippen LogP contribution in [0, 0.1) is 5.92 Å². The van der Waals surface area contributed by atoms with Gasteiger partial charge in [0.05, 0.1) is 30.4 Å². The summed E-state index contributed by atoms with van der Waals surface area (Å²) < 4.78 is 4.82. The molecule has 0 N–H and O–H groups in total. The summed E-state index contributed by atoms with van der Waals surface area (Å²) in [6.07, 6.45) is 7.11. The quantitative estimate of drug-likeness (QED) is 0.782. The fourth-order valence-electron chi connectivity index (χ4n) is 2.74. The average Bonchev–Trinajstić information content (AvgIpc) is 2.54. The van der Waals surface area contributed by atoms with Crippen LogP contribution in [0.4, 0.5) is 5.69 Å². The summed E-state index contributed by atoms with van der Waals surface area (Å²) >= 11 is 0. The van der Waals surface area contributed by atoms with Crippen LogP contribution in [0.25, 0.3) is 10.9 Å². The van der Waals surface area contributed by atoms with E-state index in [1.807, 2.05) is 24.5 Å².